The van der Waals surface area contributed by atoms with Crippen molar-refractivity contribution in [2.75, 3.05) is 18.0 Å². The summed E-state index contributed by atoms with van der Waals surface area (Å²) < 4.78 is 14.3. The number of rotatable bonds is 3. The van der Waals surface area contributed by atoms with Crippen LogP contribution in [0.4, 0.5) is 10.1 Å². The van der Waals surface area contributed by atoms with E-state index < -0.39 is 0 Å². The first kappa shape index (κ1) is 14.8. The Bertz CT molecular complexity index is 436. The lowest BCUT2D eigenvalue weighted by Crippen LogP contribution is -2.58. The summed E-state index contributed by atoms with van der Waals surface area (Å²) in [7, 11) is 0. The van der Waals surface area contributed by atoms with Crippen molar-refractivity contribution < 1.29 is 4.39 Å². The first-order valence-corrected chi connectivity index (χ1v) is 7.77. The maximum absolute atomic E-state index is 13.8. The number of anilines is 1. The van der Waals surface area contributed by atoms with E-state index in [0.717, 1.165) is 25.2 Å². The van der Waals surface area contributed by atoms with E-state index in [1.165, 1.54) is 0 Å². The highest BCUT2D eigenvalue weighted by Crippen LogP contribution is 2.27. The van der Waals surface area contributed by atoms with Crippen molar-refractivity contribution in [3.05, 3.63) is 28.5 Å². The maximum Gasteiger partial charge on any atom is 0.139 e. The molecule has 1 aromatic rings. The lowest BCUT2D eigenvalue weighted by molar-refractivity contribution is 0.333. The molecule has 0 saturated carbocycles. The zero-order valence-electron chi connectivity index (χ0n) is 11.8. The molecule has 0 aromatic heterocycles. The van der Waals surface area contributed by atoms with E-state index in [0.29, 0.717) is 22.5 Å². The van der Waals surface area contributed by atoms with E-state index >= 15 is 0 Å². The van der Waals surface area contributed by atoms with Crippen LogP contribution in [-0.2, 0) is 0 Å². The quantitative estimate of drug-likeness (QED) is 0.907. The van der Waals surface area contributed by atoms with Crippen LogP contribution in [0.5, 0.6) is 0 Å². The van der Waals surface area contributed by atoms with Crippen LogP contribution < -0.4 is 10.2 Å². The number of nitrogens with one attached hydrogen (secondary N) is 1. The highest BCUT2D eigenvalue weighted by atomic mass is 79.9. The summed E-state index contributed by atoms with van der Waals surface area (Å²) in [5, 5.41) is 3.58. The minimum atomic E-state index is -0.188. The molecular weight excluding hydrogens is 307 g/mol. The second-order valence-electron chi connectivity index (χ2n) is 5.58. The molecule has 2 rings (SSSR count). The van der Waals surface area contributed by atoms with Crippen LogP contribution in [0.15, 0.2) is 22.7 Å². The molecule has 1 heterocycles. The topological polar surface area (TPSA) is 15.3 Å². The van der Waals surface area contributed by atoms with Gasteiger partial charge < -0.3 is 10.2 Å². The number of benzene rings is 1. The molecule has 1 aliphatic rings. The molecule has 1 saturated heterocycles. The van der Waals surface area contributed by atoms with E-state index in [1.54, 1.807) is 12.1 Å². The standard InChI is InChI=1S/C15H22BrFN2/c1-4-11-9-19(15(8-18-11)10(2)3)12-5-6-13(16)14(17)7-12/h5-7,10-11,15,18H,4,8-9H2,1-3H3. The molecule has 2 atom stereocenters. The van der Waals surface area contributed by atoms with Crippen molar-refractivity contribution in [3.63, 3.8) is 0 Å². The van der Waals surface area contributed by atoms with Crippen molar-refractivity contribution in [2.24, 2.45) is 5.92 Å². The minimum Gasteiger partial charge on any atom is -0.365 e. The van der Waals surface area contributed by atoms with Gasteiger partial charge in [-0.2, -0.15) is 0 Å². The van der Waals surface area contributed by atoms with Gasteiger partial charge in [0, 0.05) is 30.9 Å². The van der Waals surface area contributed by atoms with Gasteiger partial charge in [0.15, 0.2) is 0 Å². The Morgan fingerprint density at radius 3 is 2.79 bits per heavy atom. The fraction of sp³-hybridized carbons (Fsp3) is 0.600. The second kappa shape index (κ2) is 6.23. The normalized spacial score (nSPS) is 24.0. The zero-order valence-corrected chi connectivity index (χ0v) is 13.4. The predicted molar refractivity (Wildman–Crippen MR) is 82.2 cm³/mol. The van der Waals surface area contributed by atoms with Crippen LogP contribution in [0.3, 0.4) is 0 Å². The number of hydrogen-bond donors (Lipinski definition) is 1. The van der Waals surface area contributed by atoms with Crippen LogP contribution in [0, 0.1) is 11.7 Å². The third kappa shape index (κ3) is 3.29. The van der Waals surface area contributed by atoms with Crippen molar-refractivity contribution in [3.8, 4) is 0 Å². The van der Waals surface area contributed by atoms with E-state index in [4.69, 9.17) is 0 Å². The number of halogens is 2. The number of nitrogens with zero attached hydrogens (tertiary/aromatic N) is 1. The Labute approximate surface area is 123 Å². The largest absolute Gasteiger partial charge is 0.365 e. The van der Waals surface area contributed by atoms with Crippen molar-refractivity contribution >= 4 is 21.6 Å². The SMILES string of the molecule is CCC1CN(c2ccc(Br)c(F)c2)C(C(C)C)CN1. The molecule has 2 nitrogen and oxygen atoms in total. The fourth-order valence-electron chi connectivity index (χ4n) is 2.66. The fourth-order valence-corrected chi connectivity index (χ4v) is 2.91. The zero-order chi connectivity index (χ0) is 14.0. The van der Waals surface area contributed by atoms with Crippen molar-refractivity contribution in [1.29, 1.82) is 0 Å². The highest BCUT2D eigenvalue weighted by Gasteiger charge is 2.29. The molecule has 1 aromatic carbocycles. The summed E-state index contributed by atoms with van der Waals surface area (Å²) in [6, 6.07) is 6.34. The summed E-state index contributed by atoms with van der Waals surface area (Å²) in [4.78, 5) is 2.35. The van der Waals surface area contributed by atoms with Gasteiger partial charge >= 0.3 is 0 Å². The molecule has 0 spiro atoms. The van der Waals surface area contributed by atoms with E-state index in [2.05, 4.69) is 46.9 Å². The van der Waals surface area contributed by atoms with E-state index in [1.807, 2.05) is 6.07 Å². The monoisotopic (exact) mass is 328 g/mol. The average molecular weight is 329 g/mol. The molecule has 2 unspecified atom stereocenters. The molecule has 0 radical (unpaired) electrons. The second-order valence-corrected chi connectivity index (χ2v) is 6.43. The van der Waals surface area contributed by atoms with E-state index in [9.17, 15) is 4.39 Å². The maximum atomic E-state index is 13.8. The Morgan fingerprint density at radius 1 is 1.47 bits per heavy atom. The molecule has 1 fully saturated rings. The smallest absolute Gasteiger partial charge is 0.139 e. The van der Waals surface area contributed by atoms with Crippen LogP contribution in [0.25, 0.3) is 0 Å². The molecule has 1 aliphatic heterocycles. The van der Waals surface area contributed by atoms with Gasteiger partial charge in [-0.3, -0.25) is 0 Å². The molecule has 4 heteroatoms. The summed E-state index contributed by atoms with van der Waals surface area (Å²) in [6.07, 6.45) is 1.10. The van der Waals surface area contributed by atoms with E-state index in [-0.39, 0.29) is 5.82 Å². The Kier molecular flexibility index (Phi) is 4.85. The van der Waals surface area contributed by atoms with Crippen molar-refractivity contribution in [2.45, 2.75) is 39.3 Å². The summed E-state index contributed by atoms with van der Waals surface area (Å²) >= 11 is 3.22. The molecule has 1 N–H and O–H groups in total. The summed E-state index contributed by atoms with van der Waals surface area (Å²) in [6.45, 7) is 8.55. The van der Waals surface area contributed by atoms with Crippen LogP contribution in [-0.4, -0.2) is 25.2 Å². The first-order chi connectivity index (χ1) is 9.02. The predicted octanol–water partition coefficient (Wildman–Crippen LogP) is 3.80. The van der Waals surface area contributed by atoms with Crippen molar-refractivity contribution in [1.82, 2.24) is 5.32 Å². The van der Waals surface area contributed by atoms with Gasteiger partial charge in [0.25, 0.3) is 0 Å². The van der Waals surface area contributed by atoms with Gasteiger partial charge in [0.2, 0.25) is 0 Å². The van der Waals surface area contributed by atoms with Gasteiger partial charge in [-0.15, -0.1) is 0 Å². The van der Waals surface area contributed by atoms with Crippen LogP contribution in [0.1, 0.15) is 27.2 Å². The minimum absolute atomic E-state index is 0.188. The molecule has 106 valence electrons. The first-order valence-electron chi connectivity index (χ1n) is 6.98. The third-order valence-corrected chi connectivity index (χ3v) is 4.57. The van der Waals surface area contributed by atoms with Gasteiger partial charge in [0.05, 0.1) is 4.47 Å². The Hall–Kier alpha value is -0.610. The van der Waals surface area contributed by atoms with Gasteiger partial charge in [-0.1, -0.05) is 20.8 Å². The van der Waals surface area contributed by atoms with Gasteiger partial charge in [0.1, 0.15) is 5.82 Å². The average Bonchev–Trinajstić information content (AvgIpc) is 2.41. The van der Waals surface area contributed by atoms with Crippen LogP contribution in [0.2, 0.25) is 0 Å². The van der Waals surface area contributed by atoms with Gasteiger partial charge in [-0.25, -0.2) is 4.39 Å². The molecule has 0 amide bonds. The lowest BCUT2D eigenvalue weighted by Gasteiger charge is -2.43. The third-order valence-electron chi connectivity index (χ3n) is 3.93. The molecule has 0 aliphatic carbocycles. The van der Waals surface area contributed by atoms with Gasteiger partial charge in [-0.05, 0) is 46.5 Å². The Balaban J connectivity index is 2.27. The number of piperazine rings is 1. The Morgan fingerprint density at radius 2 is 2.21 bits per heavy atom. The molecular formula is C15H22BrFN2. The highest BCUT2D eigenvalue weighted by molar-refractivity contribution is 9.10. The number of hydrogen-bond acceptors (Lipinski definition) is 2. The summed E-state index contributed by atoms with van der Waals surface area (Å²) in [5.41, 5.74) is 0.986. The molecule has 19 heavy (non-hydrogen) atoms. The summed E-state index contributed by atoms with van der Waals surface area (Å²) in [5.74, 6) is 0.351. The lowest BCUT2D eigenvalue weighted by atomic mass is 9.97. The molecule has 0 bridgehead atoms. The van der Waals surface area contributed by atoms with Crippen LogP contribution >= 0.6 is 15.9 Å².